The van der Waals surface area contributed by atoms with Gasteiger partial charge in [-0.2, -0.15) is 0 Å². The summed E-state index contributed by atoms with van der Waals surface area (Å²) in [6.07, 6.45) is 7.23. The van der Waals surface area contributed by atoms with E-state index in [4.69, 9.17) is 0 Å². The van der Waals surface area contributed by atoms with Crippen molar-refractivity contribution in [2.24, 2.45) is 11.8 Å². The first-order valence-electron chi connectivity index (χ1n) is 7.71. The van der Waals surface area contributed by atoms with Crippen molar-refractivity contribution >= 4 is 5.78 Å². The average Bonchev–Trinajstić information content (AvgIpc) is 3.29. The summed E-state index contributed by atoms with van der Waals surface area (Å²) in [5.74, 6) is 2.37. The van der Waals surface area contributed by atoms with Gasteiger partial charge in [0.25, 0.3) is 0 Å². The van der Waals surface area contributed by atoms with Crippen molar-refractivity contribution in [3.8, 4) is 0 Å². The number of carbonyl (C=O) groups excluding carboxylic acids is 1. The summed E-state index contributed by atoms with van der Waals surface area (Å²) < 4.78 is 0. The van der Waals surface area contributed by atoms with Crippen LogP contribution in [0.15, 0.2) is 66.7 Å². The van der Waals surface area contributed by atoms with E-state index in [1.165, 1.54) is 18.4 Å². The molecule has 0 N–H and O–H groups in total. The Morgan fingerprint density at radius 2 is 1.62 bits per heavy atom. The first-order valence-corrected chi connectivity index (χ1v) is 7.71. The number of benzene rings is 2. The molecule has 1 saturated carbocycles. The molecule has 1 fully saturated rings. The van der Waals surface area contributed by atoms with Gasteiger partial charge in [-0.15, -0.1) is 0 Å². The van der Waals surface area contributed by atoms with Gasteiger partial charge < -0.3 is 0 Å². The maximum absolute atomic E-state index is 12.4. The minimum absolute atomic E-state index is 0.107. The van der Waals surface area contributed by atoms with Crippen molar-refractivity contribution in [1.29, 1.82) is 0 Å². The first kappa shape index (κ1) is 12.6. The van der Waals surface area contributed by atoms with E-state index in [-0.39, 0.29) is 5.78 Å². The topological polar surface area (TPSA) is 17.1 Å². The second-order valence-electron chi connectivity index (χ2n) is 6.09. The van der Waals surface area contributed by atoms with Gasteiger partial charge in [-0.1, -0.05) is 66.7 Å². The highest BCUT2D eigenvalue weighted by molar-refractivity contribution is 6.08. The van der Waals surface area contributed by atoms with Gasteiger partial charge in [-0.05, 0) is 36.2 Å². The zero-order chi connectivity index (χ0) is 14.2. The summed E-state index contributed by atoms with van der Waals surface area (Å²) in [6, 6.07) is 17.7. The lowest BCUT2D eigenvalue weighted by Gasteiger charge is -2.04. The van der Waals surface area contributed by atoms with Gasteiger partial charge in [0.1, 0.15) is 0 Å². The van der Waals surface area contributed by atoms with Crippen LogP contribution in [0.5, 0.6) is 0 Å². The zero-order valence-electron chi connectivity index (χ0n) is 11.9. The number of hydrogen-bond acceptors (Lipinski definition) is 1. The first-order chi connectivity index (χ1) is 10.3. The standard InChI is InChI=1S/C20H18O/c21-20(15-6-2-1-3-7-15)16-12-10-14(11-13-16)19-17-8-4-5-9-18(17)19/h1-4,6-8,10-13,17-19H,5,9H2/t17-,18+,19+/m0/s1. The molecule has 0 spiro atoms. The van der Waals surface area contributed by atoms with E-state index in [1.807, 2.05) is 42.5 Å². The molecule has 0 saturated heterocycles. The zero-order valence-corrected chi connectivity index (χ0v) is 11.9. The smallest absolute Gasteiger partial charge is 0.193 e. The van der Waals surface area contributed by atoms with Gasteiger partial charge in [-0.3, -0.25) is 4.79 Å². The molecule has 104 valence electrons. The van der Waals surface area contributed by atoms with E-state index in [0.29, 0.717) is 5.92 Å². The molecule has 2 aliphatic carbocycles. The SMILES string of the molecule is O=C(c1ccccc1)c1ccc([C@@H]2[C@H]3C=CCC[C@H]32)cc1. The van der Waals surface area contributed by atoms with Crippen LogP contribution in [0.3, 0.4) is 0 Å². The largest absolute Gasteiger partial charge is 0.289 e. The highest BCUT2D eigenvalue weighted by Gasteiger charge is 2.49. The number of hydrogen-bond donors (Lipinski definition) is 0. The summed E-state index contributed by atoms with van der Waals surface area (Å²) in [7, 11) is 0. The van der Waals surface area contributed by atoms with Crippen LogP contribution in [-0.4, -0.2) is 5.78 Å². The molecular weight excluding hydrogens is 256 g/mol. The summed E-state index contributed by atoms with van der Waals surface area (Å²) in [5.41, 5.74) is 2.93. The van der Waals surface area contributed by atoms with Crippen LogP contribution >= 0.6 is 0 Å². The molecule has 0 radical (unpaired) electrons. The van der Waals surface area contributed by atoms with Crippen LogP contribution < -0.4 is 0 Å². The molecule has 2 aliphatic rings. The highest BCUT2D eigenvalue weighted by atomic mass is 16.1. The summed E-state index contributed by atoms with van der Waals surface area (Å²) in [4.78, 5) is 12.4. The summed E-state index contributed by atoms with van der Waals surface area (Å²) in [5, 5.41) is 0. The van der Waals surface area contributed by atoms with Gasteiger partial charge >= 0.3 is 0 Å². The fraction of sp³-hybridized carbons (Fsp3) is 0.250. The molecule has 1 heteroatoms. The van der Waals surface area contributed by atoms with Crippen LogP contribution in [0.1, 0.15) is 40.2 Å². The number of ketones is 1. The molecule has 0 bridgehead atoms. The van der Waals surface area contributed by atoms with E-state index < -0.39 is 0 Å². The van der Waals surface area contributed by atoms with Crippen LogP contribution in [0.25, 0.3) is 0 Å². The molecular formula is C20H18O. The molecule has 0 heterocycles. The van der Waals surface area contributed by atoms with Gasteiger partial charge in [0.2, 0.25) is 0 Å². The lowest BCUT2D eigenvalue weighted by Crippen LogP contribution is -2.00. The van der Waals surface area contributed by atoms with E-state index >= 15 is 0 Å². The molecule has 2 aromatic carbocycles. The van der Waals surface area contributed by atoms with Crippen molar-refractivity contribution in [2.75, 3.05) is 0 Å². The van der Waals surface area contributed by atoms with Gasteiger partial charge in [-0.25, -0.2) is 0 Å². The molecule has 21 heavy (non-hydrogen) atoms. The van der Waals surface area contributed by atoms with Gasteiger partial charge in [0.05, 0.1) is 0 Å². The maximum Gasteiger partial charge on any atom is 0.193 e. The second-order valence-corrected chi connectivity index (χ2v) is 6.09. The van der Waals surface area contributed by atoms with Crippen molar-refractivity contribution in [1.82, 2.24) is 0 Å². The monoisotopic (exact) mass is 274 g/mol. The molecule has 2 aromatic rings. The number of carbonyl (C=O) groups is 1. The Balaban J connectivity index is 1.55. The molecule has 4 rings (SSSR count). The Morgan fingerprint density at radius 1 is 0.905 bits per heavy atom. The van der Waals surface area contributed by atoms with Crippen LogP contribution in [-0.2, 0) is 0 Å². The number of rotatable bonds is 3. The third kappa shape index (κ3) is 2.23. The Kier molecular flexibility index (Phi) is 2.99. The van der Waals surface area contributed by atoms with E-state index in [1.54, 1.807) is 0 Å². The lowest BCUT2D eigenvalue weighted by atomic mass is 10.00. The molecule has 0 amide bonds. The Hall–Kier alpha value is -2.15. The van der Waals surface area contributed by atoms with Crippen LogP contribution in [0, 0.1) is 11.8 Å². The quantitative estimate of drug-likeness (QED) is 0.590. The van der Waals surface area contributed by atoms with Gasteiger partial charge in [0.15, 0.2) is 5.78 Å². The summed E-state index contributed by atoms with van der Waals surface area (Å²) in [6.45, 7) is 0. The molecule has 0 aromatic heterocycles. The molecule has 3 atom stereocenters. The molecule has 0 unspecified atom stereocenters. The minimum atomic E-state index is 0.107. The maximum atomic E-state index is 12.4. The predicted molar refractivity (Wildman–Crippen MR) is 84.4 cm³/mol. The fourth-order valence-corrected chi connectivity index (χ4v) is 3.66. The van der Waals surface area contributed by atoms with E-state index in [0.717, 1.165) is 23.0 Å². The van der Waals surface area contributed by atoms with Crippen LogP contribution in [0.2, 0.25) is 0 Å². The van der Waals surface area contributed by atoms with Gasteiger partial charge in [0, 0.05) is 11.1 Å². The van der Waals surface area contributed by atoms with Crippen molar-refractivity contribution in [2.45, 2.75) is 18.8 Å². The molecule has 0 aliphatic heterocycles. The van der Waals surface area contributed by atoms with E-state index in [9.17, 15) is 4.79 Å². The Bertz CT molecular complexity index is 682. The fourth-order valence-electron chi connectivity index (χ4n) is 3.66. The second kappa shape index (κ2) is 5.00. The predicted octanol–water partition coefficient (Wildman–Crippen LogP) is 4.60. The number of fused-ring (bicyclic) bond motifs is 1. The third-order valence-corrected chi connectivity index (χ3v) is 4.85. The van der Waals surface area contributed by atoms with Crippen molar-refractivity contribution in [3.05, 3.63) is 83.4 Å². The molecule has 1 nitrogen and oxygen atoms in total. The van der Waals surface area contributed by atoms with Crippen molar-refractivity contribution < 1.29 is 4.79 Å². The number of allylic oxidation sites excluding steroid dienone is 2. The minimum Gasteiger partial charge on any atom is -0.289 e. The Morgan fingerprint density at radius 3 is 2.29 bits per heavy atom. The summed E-state index contributed by atoms with van der Waals surface area (Å²) >= 11 is 0. The highest BCUT2D eigenvalue weighted by Crippen LogP contribution is 2.58. The lowest BCUT2D eigenvalue weighted by molar-refractivity contribution is 0.103. The normalized spacial score (nSPS) is 26.2. The third-order valence-electron chi connectivity index (χ3n) is 4.85. The van der Waals surface area contributed by atoms with Crippen LogP contribution in [0.4, 0.5) is 0 Å². The van der Waals surface area contributed by atoms with Crippen molar-refractivity contribution in [3.63, 3.8) is 0 Å². The van der Waals surface area contributed by atoms with E-state index in [2.05, 4.69) is 24.3 Å². The average molecular weight is 274 g/mol. The Labute approximate surface area is 125 Å².